The molecule has 0 spiro atoms. The van der Waals surface area contributed by atoms with Gasteiger partial charge in [-0.25, -0.2) is 4.68 Å². The van der Waals surface area contributed by atoms with Crippen molar-refractivity contribution in [2.75, 3.05) is 7.05 Å². The predicted octanol–water partition coefficient (Wildman–Crippen LogP) is 3.30. The van der Waals surface area contributed by atoms with Gasteiger partial charge in [-0.2, -0.15) is 5.10 Å². The second-order valence-corrected chi connectivity index (χ2v) is 6.05. The highest BCUT2D eigenvalue weighted by Crippen LogP contribution is 2.14. The molecule has 0 aliphatic rings. The van der Waals surface area contributed by atoms with E-state index in [-0.39, 0.29) is 5.91 Å². The van der Waals surface area contributed by atoms with Crippen molar-refractivity contribution in [1.82, 2.24) is 19.7 Å². The fourth-order valence-corrected chi connectivity index (χ4v) is 2.51. The fraction of sp³-hybridized carbons (Fsp3) is 0.118. The topological polar surface area (TPSA) is 51.0 Å². The third kappa shape index (κ3) is 3.65. The Balaban J connectivity index is 1.72. The molecule has 2 aromatic heterocycles. The van der Waals surface area contributed by atoms with Crippen molar-refractivity contribution >= 4 is 21.8 Å². The minimum absolute atomic E-state index is 0.0381. The molecule has 6 heteroatoms. The highest BCUT2D eigenvalue weighted by atomic mass is 79.9. The van der Waals surface area contributed by atoms with Gasteiger partial charge >= 0.3 is 0 Å². The van der Waals surface area contributed by atoms with Crippen LogP contribution in [0.3, 0.4) is 0 Å². The Morgan fingerprint density at radius 1 is 1.22 bits per heavy atom. The second kappa shape index (κ2) is 6.75. The third-order valence-corrected chi connectivity index (χ3v) is 3.81. The number of carbonyl (C=O) groups is 1. The van der Waals surface area contributed by atoms with E-state index in [4.69, 9.17) is 0 Å². The molecule has 0 radical (unpaired) electrons. The summed E-state index contributed by atoms with van der Waals surface area (Å²) in [6.45, 7) is 0.480. The maximum absolute atomic E-state index is 12.5. The van der Waals surface area contributed by atoms with Crippen LogP contribution in [0.2, 0.25) is 0 Å². The normalized spacial score (nSPS) is 10.5. The zero-order valence-corrected chi connectivity index (χ0v) is 14.1. The van der Waals surface area contributed by atoms with Crippen LogP contribution in [0.5, 0.6) is 0 Å². The number of pyridine rings is 1. The van der Waals surface area contributed by atoms with E-state index in [0.29, 0.717) is 12.1 Å². The maximum atomic E-state index is 12.5. The van der Waals surface area contributed by atoms with Crippen LogP contribution in [-0.2, 0) is 6.54 Å². The summed E-state index contributed by atoms with van der Waals surface area (Å²) in [5.41, 5.74) is 2.40. The lowest BCUT2D eigenvalue weighted by molar-refractivity contribution is 0.0783. The minimum atomic E-state index is -0.0381. The van der Waals surface area contributed by atoms with Gasteiger partial charge in [0.25, 0.3) is 5.91 Å². The molecule has 0 aliphatic carbocycles. The molecule has 0 fully saturated rings. The molecule has 0 saturated carbocycles. The van der Waals surface area contributed by atoms with Crippen molar-refractivity contribution in [1.29, 1.82) is 0 Å². The number of rotatable bonds is 4. The first kappa shape index (κ1) is 15.4. The van der Waals surface area contributed by atoms with Crippen molar-refractivity contribution in [3.05, 3.63) is 76.8 Å². The summed E-state index contributed by atoms with van der Waals surface area (Å²) in [5.74, 6) is -0.0381. The highest BCUT2D eigenvalue weighted by Gasteiger charge is 2.12. The summed E-state index contributed by atoms with van der Waals surface area (Å²) < 4.78 is 2.66. The zero-order chi connectivity index (χ0) is 16.2. The van der Waals surface area contributed by atoms with Gasteiger partial charge in [0.15, 0.2) is 0 Å². The molecule has 116 valence electrons. The van der Waals surface area contributed by atoms with Crippen LogP contribution in [0.25, 0.3) is 5.69 Å². The van der Waals surface area contributed by atoms with E-state index in [9.17, 15) is 4.79 Å². The van der Waals surface area contributed by atoms with Gasteiger partial charge in [0.05, 0.1) is 28.6 Å². The number of benzene rings is 1. The van der Waals surface area contributed by atoms with Gasteiger partial charge in [0.1, 0.15) is 0 Å². The van der Waals surface area contributed by atoms with Crippen LogP contribution in [0.4, 0.5) is 0 Å². The zero-order valence-electron chi connectivity index (χ0n) is 12.6. The smallest absolute Gasteiger partial charge is 0.253 e. The van der Waals surface area contributed by atoms with Gasteiger partial charge < -0.3 is 4.90 Å². The van der Waals surface area contributed by atoms with Gasteiger partial charge in [-0.3, -0.25) is 9.78 Å². The molecule has 0 N–H and O–H groups in total. The summed E-state index contributed by atoms with van der Waals surface area (Å²) in [4.78, 5) is 18.4. The monoisotopic (exact) mass is 370 g/mol. The van der Waals surface area contributed by atoms with Crippen molar-refractivity contribution in [3.63, 3.8) is 0 Å². The number of hydrogen-bond donors (Lipinski definition) is 0. The number of hydrogen-bond acceptors (Lipinski definition) is 3. The van der Waals surface area contributed by atoms with Crippen LogP contribution in [0.15, 0.2) is 65.5 Å². The summed E-state index contributed by atoms with van der Waals surface area (Å²) in [6.07, 6.45) is 5.31. The largest absolute Gasteiger partial charge is 0.336 e. The number of carbonyl (C=O) groups excluding carboxylic acids is 1. The van der Waals surface area contributed by atoms with E-state index in [1.54, 1.807) is 29.0 Å². The van der Waals surface area contributed by atoms with Gasteiger partial charge in [-0.05, 0) is 52.3 Å². The van der Waals surface area contributed by atoms with Crippen molar-refractivity contribution in [2.45, 2.75) is 6.54 Å². The van der Waals surface area contributed by atoms with Crippen LogP contribution in [-0.4, -0.2) is 32.6 Å². The Kier molecular flexibility index (Phi) is 4.52. The predicted molar refractivity (Wildman–Crippen MR) is 91.3 cm³/mol. The van der Waals surface area contributed by atoms with Crippen LogP contribution < -0.4 is 0 Å². The summed E-state index contributed by atoms with van der Waals surface area (Å²) in [7, 11) is 1.77. The Bertz CT molecular complexity index is 799. The summed E-state index contributed by atoms with van der Waals surface area (Å²) >= 11 is 3.37. The fourth-order valence-electron chi connectivity index (χ4n) is 2.23. The van der Waals surface area contributed by atoms with Crippen molar-refractivity contribution in [2.24, 2.45) is 0 Å². The molecule has 2 heterocycles. The standard InChI is InChI=1S/C17H15BrN4O/c1-21(12-15-4-2-3-9-19-15)17(23)13-5-7-16(8-6-13)22-11-14(18)10-20-22/h2-11H,12H2,1H3. The van der Waals surface area contributed by atoms with Crippen LogP contribution in [0, 0.1) is 0 Å². The molecule has 5 nitrogen and oxygen atoms in total. The van der Waals surface area contributed by atoms with E-state index >= 15 is 0 Å². The molecule has 23 heavy (non-hydrogen) atoms. The molecule has 0 unspecified atom stereocenters. The van der Waals surface area contributed by atoms with Gasteiger partial charge in [0.2, 0.25) is 0 Å². The first-order valence-electron chi connectivity index (χ1n) is 7.09. The average Bonchev–Trinajstić information content (AvgIpc) is 3.02. The van der Waals surface area contributed by atoms with Gasteiger partial charge in [-0.1, -0.05) is 6.07 Å². The minimum Gasteiger partial charge on any atom is -0.336 e. The number of amides is 1. The number of nitrogens with zero attached hydrogens (tertiary/aromatic N) is 4. The lowest BCUT2D eigenvalue weighted by Gasteiger charge is -2.17. The Labute approximate surface area is 142 Å². The molecule has 1 amide bonds. The first-order valence-corrected chi connectivity index (χ1v) is 7.89. The Hall–Kier alpha value is -2.47. The molecule has 3 rings (SSSR count). The lowest BCUT2D eigenvalue weighted by Crippen LogP contribution is -2.26. The molecule has 3 aromatic rings. The Morgan fingerprint density at radius 3 is 2.61 bits per heavy atom. The van der Waals surface area contributed by atoms with Crippen molar-refractivity contribution in [3.8, 4) is 5.69 Å². The highest BCUT2D eigenvalue weighted by molar-refractivity contribution is 9.10. The van der Waals surface area contributed by atoms with Crippen molar-refractivity contribution < 1.29 is 4.79 Å². The molecule has 0 bridgehead atoms. The quantitative estimate of drug-likeness (QED) is 0.707. The van der Waals surface area contributed by atoms with Gasteiger partial charge in [-0.15, -0.1) is 0 Å². The van der Waals surface area contributed by atoms with Crippen LogP contribution >= 0.6 is 15.9 Å². The molecule has 0 aliphatic heterocycles. The molecule has 0 atom stereocenters. The average molecular weight is 371 g/mol. The lowest BCUT2D eigenvalue weighted by atomic mass is 10.2. The number of halogens is 1. The van der Waals surface area contributed by atoms with E-state index in [1.807, 2.05) is 48.7 Å². The van der Waals surface area contributed by atoms with E-state index in [0.717, 1.165) is 15.9 Å². The van der Waals surface area contributed by atoms with E-state index < -0.39 is 0 Å². The first-order chi connectivity index (χ1) is 11.1. The maximum Gasteiger partial charge on any atom is 0.253 e. The molecule has 0 saturated heterocycles. The SMILES string of the molecule is CN(Cc1ccccn1)C(=O)c1ccc(-n2cc(Br)cn2)cc1. The Morgan fingerprint density at radius 2 is 2.00 bits per heavy atom. The molecule has 1 aromatic carbocycles. The number of aromatic nitrogens is 3. The summed E-state index contributed by atoms with van der Waals surface area (Å²) in [6, 6.07) is 13.0. The molecular formula is C17H15BrN4O. The molecular weight excluding hydrogens is 356 g/mol. The van der Waals surface area contributed by atoms with Crippen LogP contribution in [0.1, 0.15) is 16.1 Å². The second-order valence-electron chi connectivity index (χ2n) is 5.13. The van der Waals surface area contributed by atoms with Gasteiger partial charge in [0, 0.05) is 25.0 Å². The third-order valence-electron chi connectivity index (χ3n) is 3.40. The van der Waals surface area contributed by atoms with E-state index in [2.05, 4.69) is 26.0 Å². The van der Waals surface area contributed by atoms with E-state index in [1.165, 1.54) is 0 Å². The summed E-state index contributed by atoms with van der Waals surface area (Å²) in [5, 5.41) is 4.22.